The Kier molecular flexibility index (Phi) is 7.08. The Balaban J connectivity index is 2.78. The van der Waals surface area contributed by atoms with Crippen LogP contribution in [0.25, 0.3) is 0 Å². The van der Waals surface area contributed by atoms with Gasteiger partial charge in [-0.1, -0.05) is 25.2 Å². The van der Waals surface area contributed by atoms with Crippen LogP contribution in [0.5, 0.6) is 5.75 Å². The van der Waals surface area contributed by atoms with Gasteiger partial charge in [0.2, 0.25) is 0 Å². The van der Waals surface area contributed by atoms with Crippen molar-refractivity contribution in [3.8, 4) is 5.75 Å². The van der Waals surface area contributed by atoms with Gasteiger partial charge in [0.05, 0.1) is 6.61 Å². The van der Waals surface area contributed by atoms with Crippen LogP contribution in [-0.2, 0) is 16.3 Å². The standard InChI is InChI=1S/C13H19O3PS2/c1-4-10-15-17(18,19-5-2)16-13-8-6-12(7-9-13)11(3)14/h6-9H,4-5,10H2,1-3H3. The zero-order valence-electron chi connectivity index (χ0n) is 11.4. The van der Waals surface area contributed by atoms with Gasteiger partial charge in [-0.2, -0.15) is 0 Å². The molecule has 0 aliphatic heterocycles. The summed E-state index contributed by atoms with van der Waals surface area (Å²) in [6, 6.07) is 7.02. The first kappa shape index (κ1) is 16.7. The van der Waals surface area contributed by atoms with Crippen LogP contribution < -0.4 is 4.52 Å². The highest BCUT2D eigenvalue weighted by molar-refractivity contribution is 8.68. The molecular formula is C13H19O3PS2. The Hall–Kier alpha value is -0.350. The molecule has 6 heteroatoms. The van der Waals surface area contributed by atoms with E-state index in [1.54, 1.807) is 24.3 Å². The van der Waals surface area contributed by atoms with Crippen molar-refractivity contribution in [1.82, 2.24) is 0 Å². The topological polar surface area (TPSA) is 35.5 Å². The molecule has 0 heterocycles. The fraction of sp³-hybridized carbons (Fsp3) is 0.462. The molecule has 19 heavy (non-hydrogen) atoms. The van der Waals surface area contributed by atoms with Crippen molar-refractivity contribution in [2.24, 2.45) is 0 Å². The fourth-order valence-corrected chi connectivity index (χ4v) is 5.86. The highest BCUT2D eigenvalue weighted by atomic mass is 32.9. The maximum atomic E-state index is 11.2. The van der Waals surface area contributed by atoms with E-state index in [1.165, 1.54) is 18.3 Å². The molecule has 0 saturated heterocycles. The Morgan fingerprint density at radius 1 is 1.32 bits per heavy atom. The van der Waals surface area contributed by atoms with Gasteiger partial charge in [0.15, 0.2) is 5.78 Å². The lowest BCUT2D eigenvalue weighted by atomic mass is 10.1. The number of carbonyl (C=O) groups is 1. The van der Waals surface area contributed by atoms with Crippen LogP contribution in [0.3, 0.4) is 0 Å². The lowest BCUT2D eigenvalue weighted by Gasteiger charge is -2.21. The summed E-state index contributed by atoms with van der Waals surface area (Å²) in [5, 5.41) is 0. The van der Waals surface area contributed by atoms with Gasteiger partial charge >= 0.3 is 0 Å². The first-order valence-corrected chi connectivity index (χ1v) is 10.4. The van der Waals surface area contributed by atoms with Crippen LogP contribution in [0.15, 0.2) is 24.3 Å². The number of hydrogen-bond acceptors (Lipinski definition) is 5. The van der Waals surface area contributed by atoms with Gasteiger partial charge in [-0.3, -0.25) is 4.79 Å². The van der Waals surface area contributed by atoms with Gasteiger partial charge in [0.1, 0.15) is 5.75 Å². The largest absolute Gasteiger partial charge is 0.436 e. The minimum Gasteiger partial charge on any atom is -0.436 e. The third-order valence-corrected chi connectivity index (χ3v) is 7.48. The molecule has 0 bridgehead atoms. The summed E-state index contributed by atoms with van der Waals surface area (Å²) in [6.45, 7) is 6.22. The van der Waals surface area contributed by atoms with E-state index in [4.69, 9.17) is 20.9 Å². The van der Waals surface area contributed by atoms with Crippen LogP contribution >= 0.6 is 17.1 Å². The minimum absolute atomic E-state index is 0.0381. The second kappa shape index (κ2) is 8.05. The van der Waals surface area contributed by atoms with E-state index in [9.17, 15) is 4.79 Å². The average Bonchev–Trinajstić information content (AvgIpc) is 2.37. The van der Waals surface area contributed by atoms with E-state index in [1.807, 2.05) is 13.8 Å². The Morgan fingerprint density at radius 3 is 2.42 bits per heavy atom. The Bertz CT molecular complexity index is 459. The van der Waals surface area contributed by atoms with Crippen molar-refractivity contribution < 1.29 is 13.8 Å². The van der Waals surface area contributed by atoms with Crippen molar-refractivity contribution >= 4 is 34.7 Å². The maximum Gasteiger partial charge on any atom is 0.297 e. The number of Topliss-reactive ketones (excluding diaryl/α,β-unsaturated/α-hetero) is 1. The molecule has 0 aliphatic rings. The molecule has 0 radical (unpaired) electrons. The van der Waals surface area contributed by atoms with E-state index in [0.717, 1.165) is 12.2 Å². The second-order valence-corrected chi connectivity index (χ2v) is 10.4. The maximum absolute atomic E-state index is 11.2. The van der Waals surface area contributed by atoms with Crippen LogP contribution in [0.2, 0.25) is 0 Å². The smallest absolute Gasteiger partial charge is 0.297 e. The monoisotopic (exact) mass is 318 g/mol. The number of benzene rings is 1. The number of hydrogen-bond donors (Lipinski definition) is 0. The molecule has 1 atom stereocenters. The van der Waals surface area contributed by atoms with Crippen molar-refractivity contribution in [2.75, 3.05) is 12.4 Å². The van der Waals surface area contributed by atoms with Crippen molar-refractivity contribution in [1.29, 1.82) is 0 Å². The molecule has 1 aromatic carbocycles. The van der Waals surface area contributed by atoms with E-state index in [0.29, 0.717) is 17.9 Å². The van der Waals surface area contributed by atoms with Gasteiger partial charge in [-0.05, 0) is 49.4 Å². The normalized spacial score (nSPS) is 13.8. The minimum atomic E-state index is -2.33. The number of carbonyl (C=O) groups excluding carboxylic acids is 1. The fourth-order valence-electron chi connectivity index (χ4n) is 1.33. The Labute approximate surface area is 124 Å². The quantitative estimate of drug-likeness (QED) is 0.514. The van der Waals surface area contributed by atoms with Gasteiger partial charge in [0.25, 0.3) is 5.69 Å². The predicted octanol–water partition coefficient (Wildman–Crippen LogP) is 4.67. The third-order valence-electron chi connectivity index (χ3n) is 2.22. The van der Waals surface area contributed by atoms with Crippen molar-refractivity contribution in [2.45, 2.75) is 27.2 Å². The summed E-state index contributed by atoms with van der Waals surface area (Å²) in [7, 11) is 0. The van der Waals surface area contributed by atoms with Gasteiger partial charge in [0, 0.05) is 11.3 Å². The molecule has 0 fully saturated rings. The molecule has 0 aliphatic carbocycles. The van der Waals surface area contributed by atoms with E-state index >= 15 is 0 Å². The zero-order chi connectivity index (χ0) is 14.3. The van der Waals surface area contributed by atoms with Crippen LogP contribution in [0, 0.1) is 0 Å². The molecule has 0 amide bonds. The van der Waals surface area contributed by atoms with E-state index in [-0.39, 0.29) is 5.78 Å². The zero-order valence-corrected chi connectivity index (χ0v) is 13.9. The highest BCUT2D eigenvalue weighted by Crippen LogP contribution is 2.60. The average molecular weight is 318 g/mol. The molecule has 106 valence electrons. The molecule has 0 spiro atoms. The second-order valence-electron chi connectivity index (χ2n) is 3.87. The molecule has 1 rings (SSSR count). The van der Waals surface area contributed by atoms with Crippen LogP contribution in [-0.4, -0.2) is 18.1 Å². The number of rotatable bonds is 8. The highest BCUT2D eigenvalue weighted by Gasteiger charge is 2.20. The molecule has 3 nitrogen and oxygen atoms in total. The molecule has 1 aromatic rings. The molecule has 1 unspecified atom stereocenters. The SMILES string of the molecule is CCCOP(=S)(Oc1ccc(C(C)=O)cc1)SCC. The first-order valence-electron chi connectivity index (χ1n) is 6.20. The molecule has 0 saturated carbocycles. The Morgan fingerprint density at radius 2 is 1.95 bits per heavy atom. The van der Waals surface area contributed by atoms with Crippen molar-refractivity contribution in [3.05, 3.63) is 29.8 Å². The summed E-state index contributed by atoms with van der Waals surface area (Å²) < 4.78 is 11.5. The summed E-state index contributed by atoms with van der Waals surface area (Å²) in [5.41, 5.74) is -1.67. The summed E-state index contributed by atoms with van der Waals surface area (Å²) in [5.74, 6) is 1.55. The lowest BCUT2D eigenvalue weighted by Crippen LogP contribution is -1.97. The summed E-state index contributed by atoms with van der Waals surface area (Å²) in [6.07, 6.45) is 0.912. The number of ketones is 1. The van der Waals surface area contributed by atoms with Crippen LogP contribution in [0.4, 0.5) is 0 Å². The summed E-state index contributed by atoms with van der Waals surface area (Å²) >= 11 is 7.03. The van der Waals surface area contributed by atoms with Gasteiger partial charge < -0.3 is 9.05 Å². The van der Waals surface area contributed by atoms with Gasteiger partial charge in [-0.25, -0.2) is 0 Å². The lowest BCUT2D eigenvalue weighted by molar-refractivity contribution is 0.101. The predicted molar refractivity (Wildman–Crippen MR) is 85.7 cm³/mol. The molecule has 0 N–H and O–H groups in total. The van der Waals surface area contributed by atoms with Gasteiger partial charge in [-0.15, -0.1) is 0 Å². The van der Waals surface area contributed by atoms with Crippen molar-refractivity contribution in [3.63, 3.8) is 0 Å². The third kappa shape index (κ3) is 5.65. The molecular weight excluding hydrogens is 299 g/mol. The molecule has 0 aromatic heterocycles. The van der Waals surface area contributed by atoms with E-state index in [2.05, 4.69) is 0 Å². The van der Waals surface area contributed by atoms with E-state index < -0.39 is 5.69 Å². The summed E-state index contributed by atoms with van der Waals surface area (Å²) in [4.78, 5) is 11.2. The van der Waals surface area contributed by atoms with Crippen LogP contribution in [0.1, 0.15) is 37.6 Å². The first-order chi connectivity index (χ1) is 9.00.